The van der Waals surface area contributed by atoms with Gasteiger partial charge in [0.05, 0.1) is 6.54 Å². The SMILES string of the molecule is CN1CCC(Oc2ccccc2CN=C(N)NC(=O)c2ccc(C[C@H](N)C(=O)O)cc2)CC1. The molecule has 2 aromatic carbocycles. The molecule has 9 heteroatoms. The van der Waals surface area contributed by atoms with Crippen LogP contribution in [0.1, 0.15) is 34.3 Å². The molecule has 6 N–H and O–H groups in total. The third-order valence-corrected chi connectivity index (χ3v) is 5.58. The van der Waals surface area contributed by atoms with Gasteiger partial charge in [0.2, 0.25) is 0 Å². The molecule has 0 radical (unpaired) electrons. The number of nitrogens with two attached hydrogens (primary N) is 2. The van der Waals surface area contributed by atoms with Crippen molar-refractivity contribution in [3.8, 4) is 5.75 Å². The lowest BCUT2D eigenvalue weighted by Gasteiger charge is -2.29. The molecule has 1 saturated heterocycles. The molecule has 0 spiro atoms. The van der Waals surface area contributed by atoms with E-state index in [1.54, 1.807) is 24.3 Å². The Labute approximate surface area is 193 Å². The number of para-hydroxylation sites is 1. The molecule has 0 bridgehead atoms. The van der Waals surface area contributed by atoms with Crippen molar-refractivity contribution in [2.75, 3.05) is 20.1 Å². The van der Waals surface area contributed by atoms with Gasteiger partial charge in [0.15, 0.2) is 5.96 Å². The molecule has 33 heavy (non-hydrogen) atoms. The third kappa shape index (κ3) is 7.30. The van der Waals surface area contributed by atoms with Crippen molar-refractivity contribution in [1.82, 2.24) is 10.2 Å². The van der Waals surface area contributed by atoms with E-state index in [9.17, 15) is 9.59 Å². The first kappa shape index (κ1) is 24.2. The molecule has 0 saturated carbocycles. The van der Waals surface area contributed by atoms with Crippen molar-refractivity contribution in [2.45, 2.75) is 38.0 Å². The Morgan fingerprint density at radius 3 is 2.52 bits per heavy atom. The summed E-state index contributed by atoms with van der Waals surface area (Å²) in [6.45, 7) is 2.30. The van der Waals surface area contributed by atoms with E-state index in [1.807, 2.05) is 24.3 Å². The summed E-state index contributed by atoms with van der Waals surface area (Å²) in [6, 6.07) is 13.2. The van der Waals surface area contributed by atoms with Gasteiger partial charge in [0.1, 0.15) is 17.9 Å². The van der Waals surface area contributed by atoms with E-state index >= 15 is 0 Å². The predicted octanol–water partition coefficient (Wildman–Crippen LogP) is 1.36. The highest BCUT2D eigenvalue weighted by Crippen LogP contribution is 2.23. The standard InChI is InChI=1S/C24H31N5O4/c1-29-12-10-19(11-13-29)33-21-5-3-2-4-18(21)15-27-24(26)28-22(30)17-8-6-16(7-9-17)14-20(25)23(31)32/h2-9,19-20H,10-15,25H2,1H3,(H,31,32)(H3,26,27,28,30)/t20-/m0/s1. The lowest BCUT2D eigenvalue weighted by molar-refractivity contribution is -0.138. The predicted molar refractivity (Wildman–Crippen MR) is 126 cm³/mol. The van der Waals surface area contributed by atoms with Crippen molar-refractivity contribution in [3.05, 3.63) is 65.2 Å². The van der Waals surface area contributed by atoms with Crippen LogP contribution in [-0.2, 0) is 17.8 Å². The van der Waals surface area contributed by atoms with Crippen LogP contribution in [0.5, 0.6) is 5.75 Å². The van der Waals surface area contributed by atoms with Crippen molar-refractivity contribution in [2.24, 2.45) is 16.5 Å². The summed E-state index contributed by atoms with van der Waals surface area (Å²) in [4.78, 5) is 29.9. The minimum absolute atomic E-state index is 0.00562. The number of piperidine rings is 1. The van der Waals surface area contributed by atoms with E-state index in [0.29, 0.717) is 5.56 Å². The highest BCUT2D eigenvalue weighted by atomic mass is 16.5. The first-order valence-electron chi connectivity index (χ1n) is 10.9. The number of aliphatic imine (C=N–C) groups is 1. The Kier molecular flexibility index (Phi) is 8.39. The van der Waals surface area contributed by atoms with Crippen LogP contribution in [0.25, 0.3) is 0 Å². The van der Waals surface area contributed by atoms with Crippen LogP contribution >= 0.6 is 0 Å². The average molecular weight is 454 g/mol. The lowest BCUT2D eigenvalue weighted by Crippen LogP contribution is -2.37. The molecule has 2 aromatic rings. The molecule has 1 aliphatic rings. The molecule has 0 aromatic heterocycles. The summed E-state index contributed by atoms with van der Waals surface area (Å²) >= 11 is 0. The Morgan fingerprint density at radius 2 is 1.85 bits per heavy atom. The Bertz CT molecular complexity index is 985. The zero-order valence-corrected chi connectivity index (χ0v) is 18.7. The Hall–Kier alpha value is -3.43. The van der Waals surface area contributed by atoms with Crippen LogP contribution in [-0.4, -0.2) is 60.1 Å². The summed E-state index contributed by atoms with van der Waals surface area (Å²) in [6.07, 6.45) is 2.32. The summed E-state index contributed by atoms with van der Waals surface area (Å²) in [5.41, 5.74) is 13.5. The quantitative estimate of drug-likeness (QED) is 0.349. The van der Waals surface area contributed by atoms with E-state index < -0.39 is 17.9 Å². The molecule has 0 unspecified atom stereocenters. The first-order valence-corrected chi connectivity index (χ1v) is 10.9. The molecular formula is C24H31N5O4. The number of carboxylic acid groups (broad SMARTS) is 1. The number of amides is 1. The second kappa shape index (κ2) is 11.4. The maximum atomic E-state index is 12.4. The number of nitrogens with zero attached hydrogens (tertiary/aromatic N) is 2. The van der Waals surface area contributed by atoms with Gasteiger partial charge in [-0.3, -0.25) is 14.9 Å². The van der Waals surface area contributed by atoms with Crippen LogP contribution in [0, 0.1) is 0 Å². The number of nitrogens with one attached hydrogen (secondary N) is 1. The highest BCUT2D eigenvalue weighted by molar-refractivity contribution is 6.05. The topological polar surface area (TPSA) is 143 Å². The van der Waals surface area contributed by atoms with Crippen LogP contribution in [0.15, 0.2) is 53.5 Å². The van der Waals surface area contributed by atoms with Crippen molar-refractivity contribution in [1.29, 1.82) is 0 Å². The van der Waals surface area contributed by atoms with E-state index in [4.69, 9.17) is 21.3 Å². The van der Waals surface area contributed by atoms with Gasteiger partial charge < -0.3 is 26.2 Å². The van der Waals surface area contributed by atoms with E-state index in [2.05, 4.69) is 22.3 Å². The number of rotatable bonds is 8. The monoisotopic (exact) mass is 453 g/mol. The average Bonchev–Trinajstić information content (AvgIpc) is 2.80. The number of carbonyl (C=O) groups is 2. The second-order valence-corrected chi connectivity index (χ2v) is 8.23. The number of likely N-dealkylation sites (tertiary alicyclic amines) is 1. The summed E-state index contributed by atoms with van der Waals surface area (Å²) in [5.74, 6) is -0.684. The summed E-state index contributed by atoms with van der Waals surface area (Å²) in [7, 11) is 2.11. The molecule has 176 valence electrons. The van der Waals surface area contributed by atoms with Gasteiger partial charge >= 0.3 is 5.97 Å². The van der Waals surface area contributed by atoms with Gasteiger partial charge in [-0.2, -0.15) is 0 Å². The Balaban J connectivity index is 1.56. The maximum Gasteiger partial charge on any atom is 0.320 e. The van der Waals surface area contributed by atoms with Gasteiger partial charge in [0, 0.05) is 24.2 Å². The summed E-state index contributed by atoms with van der Waals surface area (Å²) in [5, 5.41) is 11.5. The second-order valence-electron chi connectivity index (χ2n) is 8.23. The minimum atomic E-state index is -1.07. The number of carboxylic acids is 1. The molecule has 1 fully saturated rings. The molecule has 1 amide bonds. The van der Waals surface area contributed by atoms with Gasteiger partial charge in [-0.15, -0.1) is 0 Å². The zero-order valence-electron chi connectivity index (χ0n) is 18.7. The minimum Gasteiger partial charge on any atom is -0.490 e. The number of aliphatic carboxylic acids is 1. The largest absolute Gasteiger partial charge is 0.490 e. The maximum absolute atomic E-state index is 12.4. The van der Waals surface area contributed by atoms with Gasteiger partial charge in [-0.05, 0) is 50.1 Å². The normalized spacial score (nSPS) is 16.2. The molecule has 9 nitrogen and oxygen atoms in total. The summed E-state index contributed by atoms with van der Waals surface area (Å²) < 4.78 is 6.20. The number of hydrogen-bond acceptors (Lipinski definition) is 6. The van der Waals surface area contributed by atoms with Crippen LogP contribution in [0.4, 0.5) is 0 Å². The van der Waals surface area contributed by atoms with Crippen molar-refractivity contribution < 1.29 is 19.4 Å². The van der Waals surface area contributed by atoms with E-state index in [0.717, 1.165) is 42.8 Å². The molecule has 1 heterocycles. The highest BCUT2D eigenvalue weighted by Gasteiger charge is 2.19. The van der Waals surface area contributed by atoms with Crippen molar-refractivity contribution in [3.63, 3.8) is 0 Å². The molecule has 1 atom stereocenters. The van der Waals surface area contributed by atoms with Crippen LogP contribution in [0.3, 0.4) is 0 Å². The van der Waals surface area contributed by atoms with Crippen molar-refractivity contribution >= 4 is 17.8 Å². The zero-order chi connectivity index (χ0) is 23.8. The Morgan fingerprint density at radius 1 is 1.18 bits per heavy atom. The lowest BCUT2D eigenvalue weighted by atomic mass is 10.0. The molecule has 3 rings (SSSR count). The third-order valence-electron chi connectivity index (χ3n) is 5.58. The first-order chi connectivity index (χ1) is 15.8. The number of hydrogen-bond donors (Lipinski definition) is 4. The van der Waals surface area contributed by atoms with Gasteiger partial charge in [-0.25, -0.2) is 4.99 Å². The number of carbonyl (C=O) groups excluding carboxylic acids is 1. The molecule has 1 aliphatic heterocycles. The van der Waals surface area contributed by atoms with Gasteiger partial charge in [0.25, 0.3) is 5.91 Å². The number of guanidine groups is 1. The van der Waals surface area contributed by atoms with Gasteiger partial charge in [-0.1, -0.05) is 30.3 Å². The fraction of sp³-hybridized carbons (Fsp3) is 0.375. The van der Waals surface area contributed by atoms with E-state index in [-0.39, 0.29) is 25.0 Å². The van der Waals surface area contributed by atoms with Crippen LogP contribution < -0.4 is 21.5 Å². The molecule has 0 aliphatic carbocycles. The smallest absolute Gasteiger partial charge is 0.320 e. The number of ether oxygens (including phenoxy) is 1. The molecular weight excluding hydrogens is 422 g/mol. The van der Waals surface area contributed by atoms with E-state index in [1.165, 1.54) is 0 Å². The fourth-order valence-corrected chi connectivity index (χ4v) is 3.56. The van der Waals surface area contributed by atoms with Crippen LogP contribution in [0.2, 0.25) is 0 Å². The number of benzene rings is 2. The fourth-order valence-electron chi connectivity index (χ4n) is 3.56.